The van der Waals surface area contributed by atoms with Gasteiger partial charge in [0.15, 0.2) is 0 Å². The molecule has 0 fully saturated rings. The van der Waals surface area contributed by atoms with Crippen molar-refractivity contribution in [3.63, 3.8) is 0 Å². The van der Waals surface area contributed by atoms with Gasteiger partial charge in [-0.25, -0.2) is 9.59 Å². The quantitative estimate of drug-likeness (QED) is 0.247. The number of benzene rings is 2. The van der Waals surface area contributed by atoms with Crippen LogP contribution in [0.5, 0.6) is 11.5 Å². The highest BCUT2D eigenvalue weighted by Gasteiger charge is 2.55. The van der Waals surface area contributed by atoms with Crippen LogP contribution in [0.15, 0.2) is 59.7 Å². The summed E-state index contributed by atoms with van der Waals surface area (Å²) in [6, 6.07) is 12.0. The number of aryl methyl sites for hydroxylation is 4. The summed E-state index contributed by atoms with van der Waals surface area (Å²) in [5.74, 6) is -0.133. The van der Waals surface area contributed by atoms with Crippen LogP contribution in [0.4, 0.5) is 0 Å². The number of esters is 2. The van der Waals surface area contributed by atoms with Gasteiger partial charge in [0.1, 0.15) is 11.5 Å². The van der Waals surface area contributed by atoms with Crippen LogP contribution in [0.25, 0.3) is 0 Å². The van der Waals surface area contributed by atoms with Crippen molar-refractivity contribution in [1.82, 2.24) is 0 Å². The Morgan fingerprint density at radius 1 is 0.686 bits per heavy atom. The SMILES string of the molecule is CCc1ccc(CC)c(OC(=O)C2=C(C(=O)Oc3cc(CC)ccc3CC)C3C=CC2C3(C)C)c1. The molecule has 0 radical (unpaired) electrons. The van der Waals surface area contributed by atoms with E-state index in [0.717, 1.165) is 47.9 Å². The summed E-state index contributed by atoms with van der Waals surface area (Å²) in [6.07, 6.45) is 7.29. The molecule has 2 aromatic carbocycles. The fourth-order valence-electron chi connectivity index (χ4n) is 5.38. The smallest absolute Gasteiger partial charge is 0.340 e. The Kier molecular flexibility index (Phi) is 7.02. The molecule has 0 N–H and O–H groups in total. The highest BCUT2D eigenvalue weighted by molar-refractivity contribution is 6.05. The minimum atomic E-state index is -0.456. The lowest BCUT2D eigenvalue weighted by atomic mass is 9.77. The number of ether oxygens (including phenoxy) is 2. The van der Waals surface area contributed by atoms with E-state index in [-0.39, 0.29) is 17.3 Å². The first-order valence-electron chi connectivity index (χ1n) is 12.8. The number of hydrogen-bond donors (Lipinski definition) is 0. The van der Waals surface area contributed by atoms with E-state index in [2.05, 4.69) is 39.8 Å². The molecule has 4 heteroatoms. The zero-order valence-corrected chi connectivity index (χ0v) is 21.7. The van der Waals surface area contributed by atoms with E-state index in [1.54, 1.807) is 0 Å². The van der Waals surface area contributed by atoms with Crippen LogP contribution in [-0.4, -0.2) is 11.9 Å². The maximum atomic E-state index is 13.6. The summed E-state index contributed by atoms with van der Waals surface area (Å²) in [5.41, 5.74) is 4.73. The molecule has 0 spiro atoms. The van der Waals surface area contributed by atoms with Gasteiger partial charge in [0.2, 0.25) is 0 Å². The van der Waals surface area contributed by atoms with Crippen LogP contribution in [0, 0.1) is 17.3 Å². The van der Waals surface area contributed by atoms with Gasteiger partial charge in [-0.05, 0) is 65.5 Å². The Hall–Kier alpha value is -3.14. The van der Waals surface area contributed by atoms with Crippen molar-refractivity contribution < 1.29 is 19.1 Å². The molecular weight excluding hydrogens is 436 g/mol. The Morgan fingerprint density at radius 2 is 1.09 bits per heavy atom. The predicted octanol–water partition coefficient (Wildman–Crippen LogP) is 6.59. The van der Waals surface area contributed by atoms with Gasteiger partial charge < -0.3 is 9.47 Å². The van der Waals surface area contributed by atoms with Crippen molar-refractivity contribution in [3.8, 4) is 11.5 Å². The second kappa shape index (κ2) is 9.85. The van der Waals surface area contributed by atoms with Gasteiger partial charge in [-0.2, -0.15) is 0 Å². The van der Waals surface area contributed by atoms with Crippen molar-refractivity contribution in [1.29, 1.82) is 0 Å². The van der Waals surface area contributed by atoms with E-state index in [4.69, 9.17) is 9.47 Å². The van der Waals surface area contributed by atoms with Crippen LogP contribution >= 0.6 is 0 Å². The maximum Gasteiger partial charge on any atom is 0.340 e. The van der Waals surface area contributed by atoms with E-state index in [0.29, 0.717) is 22.6 Å². The van der Waals surface area contributed by atoms with Crippen LogP contribution < -0.4 is 9.47 Å². The number of fused-ring (bicyclic) bond motifs is 2. The Morgan fingerprint density at radius 3 is 1.43 bits per heavy atom. The van der Waals surface area contributed by atoms with Crippen molar-refractivity contribution in [3.05, 3.63) is 82.0 Å². The zero-order chi connectivity index (χ0) is 25.3. The fraction of sp³-hybridized carbons (Fsp3) is 0.419. The van der Waals surface area contributed by atoms with Crippen molar-refractivity contribution in [2.75, 3.05) is 0 Å². The third-order valence-corrected chi connectivity index (χ3v) is 7.70. The first-order valence-corrected chi connectivity index (χ1v) is 12.8. The molecule has 35 heavy (non-hydrogen) atoms. The second-order valence-corrected chi connectivity index (χ2v) is 10.1. The molecule has 0 amide bonds. The molecule has 4 nitrogen and oxygen atoms in total. The molecular formula is C31H36O4. The largest absolute Gasteiger partial charge is 0.423 e. The number of rotatable bonds is 8. The van der Waals surface area contributed by atoms with Gasteiger partial charge in [0.25, 0.3) is 0 Å². The molecule has 2 aliphatic carbocycles. The Bertz CT molecular complexity index is 1120. The average Bonchev–Trinajstić information content (AvgIpc) is 3.28. The molecule has 2 aromatic rings. The van der Waals surface area contributed by atoms with E-state index in [9.17, 15) is 9.59 Å². The molecule has 0 heterocycles. The lowest BCUT2D eigenvalue weighted by molar-refractivity contribution is -0.133. The number of allylic oxidation sites excluding steroid dienone is 2. The lowest BCUT2D eigenvalue weighted by Gasteiger charge is -2.26. The van der Waals surface area contributed by atoms with Crippen molar-refractivity contribution in [2.24, 2.45) is 17.3 Å². The van der Waals surface area contributed by atoms with Crippen LogP contribution in [0.3, 0.4) is 0 Å². The molecule has 2 bridgehead atoms. The summed E-state index contributed by atoms with van der Waals surface area (Å²) in [4.78, 5) is 27.3. The summed E-state index contributed by atoms with van der Waals surface area (Å²) in [6.45, 7) is 12.4. The number of hydrogen-bond acceptors (Lipinski definition) is 4. The molecule has 0 saturated heterocycles. The minimum absolute atomic E-state index is 0.186. The summed E-state index contributed by atoms with van der Waals surface area (Å²) in [5, 5.41) is 0. The molecule has 184 valence electrons. The molecule has 2 aliphatic rings. The summed E-state index contributed by atoms with van der Waals surface area (Å²) < 4.78 is 12.0. The molecule has 4 rings (SSSR count). The van der Waals surface area contributed by atoms with Crippen molar-refractivity contribution in [2.45, 2.75) is 67.2 Å². The fourth-order valence-corrected chi connectivity index (χ4v) is 5.38. The van der Waals surface area contributed by atoms with Crippen LogP contribution in [0.2, 0.25) is 0 Å². The average molecular weight is 473 g/mol. The second-order valence-electron chi connectivity index (χ2n) is 10.1. The molecule has 0 saturated carbocycles. The molecule has 2 atom stereocenters. The topological polar surface area (TPSA) is 52.6 Å². The third-order valence-electron chi connectivity index (χ3n) is 7.70. The van der Waals surface area contributed by atoms with Gasteiger partial charge in [-0.15, -0.1) is 0 Å². The van der Waals surface area contributed by atoms with E-state index in [1.807, 2.05) is 50.3 Å². The van der Waals surface area contributed by atoms with Crippen LogP contribution in [-0.2, 0) is 35.3 Å². The number of carbonyl (C=O) groups is 2. The third kappa shape index (κ3) is 4.47. The van der Waals surface area contributed by atoms with Gasteiger partial charge in [-0.1, -0.05) is 78.0 Å². The highest BCUT2D eigenvalue weighted by atomic mass is 16.5. The Balaban J connectivity index is 1.71. The van der Waals surface area contributed by atoms with E-state index in [1.165, 1.54) is 0 Å². The summed E-state index contributed by atoms with van der Waals surface area (Å²) >= 11 is 0. The standard InChI is InChI=1S/C31H36O4/c1-7-19-11-13-21(9-3)25(17-19)34-29(32)27-23-15-16-24(31(23,5)6)28(27)30(33)35-26-18-20(8-2)12-14-22(26)10-4/h11-18,23-24H,7-10H2,1-6H3. The summed E-state index contributed by atoms with van der Waals surface area (Å²) in [7, 11) is 0. The van der Waals surface area contributed by atoms with Gasteiger partial charge in [0, 0.05) is 11.8 Å². The molecule has 0 aliphatic heterocycles. The van der Waals surface area contributed by atoms with Crippen LogP contribution in [0.1, 0.15) is 63.8 Å². The van der Waals surface area contributed by atoms with Gasteiger partial charge in [-0.3, -0.25) is 0 Å². The maximum absolute atomic E-state index is 13.6. The first kappa shape index (κ1) is 25.0. The highest BCUT2D eigenvalue weighted by Crippen LogP contribution is 2.57. The monoisotopic (exact) mass is 472 g/mol. The predicted molar refractivity (Wildman–Crippen MR) is 139 cm³/mol. The minimum Gasteiger partial charge on any atom is -0.423 e. The van der Waals surface area contributed by atoms with E-state index < -0.39 is 11.9 Å². The molecule has 0 aromatic heterocycles. The van der Waals surface area contributed by atoms with Gasteiger partial charge >= 0.3 is 11.9 Å². The number of carbonyl (C=O) groups excluding carboxylic acids is 2. The van der Waals surface area contributed by atoms with Gasteiger partial charge in [0.05, 0.1) is 11.1 Å². The normalized spacial score (nSPS) is 19.8. The molecule has 2 unspecified atom stereocenters. The lowest BCUT2D eigenvalue weighted by Crippen LogP contribution is -2.24. The van der Waals surface area contributed by atoms with Crippen molar-refractivity contribution >= 4 is 11.9 Å². The van der Waals surface area contributed by atoms with E-state index >= 15 is 0 Å². The Labute approximate surface area is 209 Å². The zero-order valence-electron chi connectivity index (χ0n) is 21.7. The first-order chi connectivity index (χ1) is 16.7.